The minimum absolute atomic E-state index is 0.377. The first kappa shape index (κ1) is 15.4. The summed E-state index contributed by atoms with van der Waals surface area (Å²) < 4.78 is 5.27. The van der Waals surface area contributed by atoms with Crippen molar-refractivity contribution in [2.24, 2.45) is 0 Å². The van der Waals surface area contributed by atoms with E-state index in [9.17, 15) is 0 Å². The molecule has 0 spiro atoms. The summed E-state index contributed by atoms with van der Waals surface area (Å²) in [6.45, 7) is 6.64. The van der Waals surface area contributed by atoms with Crippen LogP contribution in [0.5, 0.6) is 5.75 Å². The highest BCUT2D eigenvalue weighted by Gasteiger charge is 2.05. The largest absolute Gasteiger partial charge is 0.497 e. The average Bonchev–Trinajstić information content (AvgIpc) is 2.47. The van der Waals surface area contributed by atoms with Crippen LogP contribution in [0.1, 0.15) is 37.8 Å². The molecule has 1 unspecified atom stereocenters. The van der Waals surface area contributed by atoms with Crippen molar-refractivity contribution in [2.45, 2.75) is 39.2 Å². The van der Waals surface area contributed by atoms with Gasteiger partial charge < -0.3 is 10.1 Å². The summed E-state index contributed by atoms with van der Waals surface area (Å²) in [5, 5.41) is 3.55. The maximum atomic E-state index is 5.27. The van der Waals surface area contributed by atoms with Crippen LogP contribution in [0.15, 0.2) is 48.5 Å². The first-order chi connectivity index (χ1) is 10.1. The van der Waals surface area contributed by atoms with Gasteiger partial charge in [-0.2, -0.15) is 0 Å². The SMILES string of the molecule is COc1cccc(CC(C)Nc2ccc(C(C)C)cc2)c1. The predicted molar refractivity (Wildman–Crippen MR) is 90.3 cm³/mol. The molecule has 0 radical (unpaired) electrons. The molecule has 2 heteroatoms. The van der Waals surface area contributed by atoms with E-state index in [2.05, 4.69) is 62.5 Å². The van der Waals surface area contributed by atoms with Crippen molar-refractivity contribution >= 4 is 5.69 Å². The van der Waals surface area contributed by atoms with Crippen molar-refractivity contribution in [3.05, 3.63) is 59.7 Å². The van der Waals surface area contributed by atoms with Gasteiger partial charge >= 0.3 is 0 Å². The maximum Gasteiger partial charge on any atom is 0.119 e. The highest BCUT2D eigenvalue weighted by Crippen LogP contribution is 2.19. The molecule has 0 aliphatic carbocycles. The van der Waals surface area contributed by atoms with Gasteiger partial charge in [-0.15, -0.1) is 0 Å². The number of hydrogen-bond acceptors (Lipinski definition) is 2. The lowest BCUT2D eigenvalue weighted by atomic mass is 10.0. The lowest BCUT2D eigenvalue weighted by Gasteiger charge is -2.16. The van der Waals surface area contributed by atoms with E-state index < -0.39 is 0 Å². The van der Waals surface area contributed by atoms with E-state index in [0.717, 1.165) is 12.2 Å². The van der Waals surface area contributed by atoms with E-state index in [0.29, 0.717) is 12.0 Å². The van der Waals surface area contributed by atoms with E-state index in [-0.39, 0.29) is 0 Å². The smallest absolute Gasteiger partial charge is 0.119 e. The van der Waals surface area contributed by atoms with E-state index in [1.165, 1.54) is 16.8 Å². The second kappa shape index (κ2) is 7.16. The van der Waals surface area contributed by atoms with Crippen LogP contribution >= 0.6 is 0 Å². The summed E-state index contributed by atoms with van der Waals surface area (Å²) in [5.41, 5.74) is 3.84. The van der Waals surface area contributed by atoms with Crippen LogP contribution in [-0.2, 0) is 6.42 Å². The molecule has 0 saturated carbocycles. The van der Waals surface area contributed by atoms with Gasteiger partial charge in [-0.05, 0) is 54.7 Å². The molecule has 2 aromatic rings. The lowest BCUT2D eigenvalue weighted by Crippen LogP contribution is -2.18. The number of anilines is 1. The third-order valence-corrected chi connectivity index (χ3v) is 3.67. The Morgan fingerprint density at radius 3 is 2.33 bits per heavy atom. The van der Waals surface area contributed by atoms with Crippen molar-refractivity contribution < 1.29 is 4.74 Å². The minimum Gasteiger partial charge on any atom is -0.497 e. The number of methoxy groups -OCH3 is 1. The fourth-order valence-electron chi connectivity index (χ4n) is 2.45. The standard InChI is InChI=1S/C19H25NO/c1-14(2)17-8-10-18(11-9-17)20-15(3)12-16-6-5-7-19(13-16)21-4/h5-11,13-15,20H,12H2,1-4H3. The Labute approximate surface area is 128 Å². The van der Waals surface area contributed by atoms with Gasteiger partial charge in [0, 0.05) is 11.7 Å². The predicted octanol–water partition coefficient (Wildman–Crippen LogP) is 4.86. The molecular weight excluding hydrogens is 258 g/mol. The number of hydrogen-bond donors (Lipinski definition) is 1. The summed E-state index contributed by atoms with van der Waals surface area (Å²) in [7, 11) is 1.71. The number of benzene rings is 2. The molecule has 2 nitrogen and oxygen atoms in total. The average molecular weight is 283 g/mol. The Hall–Kier alpha value is -1.96. The summed E-state index contributed by atoms with van der Waals surface area (Å²) >= 11 is 0. The van der Waals surface area contributed by atoms with Crippen molar-refractivity contribution in [3.63, 3.8) is 0 Å². The topological polar surface area (TPSA) is 21.3 Å². The first-order valence-corrected chi connectivity index (χ1v) is 7.58. The highest BCUT2D eigenvalue weighted by atomic mass is 16.5. The molecule has 2 rings (SSSR count). The zero-order valence-corrected chi connectivity index (χ0v) is 13.4. The van der Waals surface area contributed by atoms with Crippen LogP contribution in [0.2, 0.25) is 0 Å². The molecule has 0 bridgehead atoms. The fourth-order valence-corrected chi connectivity index (χ4v) is 2.45. The Bertz CT molecular complexity index is 560. The van der Waals surface area contributed by atoms with Gasteiger partial charge in [-0.25, -0.2) is 0 Å². The third kappa shape index (κ3) is 4.52. The number of nitrogens with one attached hydrogen (secondary N) is 1. The Morgan fingerprint density at radius 1 is 1.00 bits per heavy atom. The van der Waals surface area contributed by atoms with Gasteiger partial charge in [0.05, 0.1) is 7.11 Å². The van der Waals surface area contributed by atoms with Crippen molar-refractivity contribution in [2.75, 3.05) is 12.4 Å². The zero-order valence-electron chi connectivity index (χ0n) is 13.4. The van der Waals surface area contributed by atoms with Crippen LogP contribution in [0.4, 0.5) is 5.69 Å². The zero-order chi connectivity index (χ0) is 15.2. The number of rotatable bonds is 6. The minimum atomic E-state index is 0.377. The Kier molecular flexibility index (Phi) is 5.26. The first-order valence-electron chi connectivity index (χ1n) is 7.58. The van der Waals surface area contributed by atoms with Crippen LogP contribution in [0.25, 0.3) is 0 Å². The highest BCUT2D eigenvalue weighted by molar-refractivity contribution is 5.46. The molecule has 0 fully saturated rings. The Balaban J connectivity index is 1.95. The molecule has 0 aliphatic rings. The third-order valence-electron chi connectivity index (χ3n) is 3.67. The van der Waals surface area contributed by atoms with Crippen molar-refractivity contribution in [3.8, 4) is 5.75 Å². The molecule has 112 valence electrons. The monoisotopic (exact) mass is 283 g/mol. The molecule has 0 aliphatic heterocycles. The summed E-state index contributed by atoms with van der Waals surface area (Å²) in [4.78, 5) is 0. The van der Waals surface area contributed by atoms with E-state index in [4.69, 9.17) is 4.74 Å². The Morgan fingerprint density at radius 2 is 1.71 bits per heavy atom. The molecular formula is C19H25NO. The quantitative estimate of drug-likeness (QED) is 0.817. The van der Waals surface area contributed by atoms with Gasteiger partial charge in [0.15, 0.2) is 0 Å². The van der Waals surface area contributed by atoms with E-state index in [1.807, 2.05) is 12.1 Å². The summed E-state index contributed by atoms with van der Waals surface area (Å²) in [6, 6.07) is 17.4. The molecule has 21 heavy (non-hydrogen) atoms. The van der Waals surface area contributed by atoms with Crippen LogP contribution in [0.3, 0.4) is 0 Å². The normalized spacial score (nSPS) is 12.2. The maximum absolute atomic E-state index is 5.27. The van der Waals surface area contributed by atoms with E-state index in [1.54, 1.807) is 7.11 Å². The van der Waals surface area contributed by atoms with Crippen molar-refractivity contribution in [1.82, 2.24) is 0 Å². The summed E-state index contributed by atoms with van der Waals surface area (Å²) in [6.07, 6.45) is 0.975. The van der Waals surface area contributed by atoms with Gasteiger partial charge in [-0.1, -0.05) is 38.1 Å². The van der Waals surface area contributed by atoms with Gasteiger partial charge in [0.1, 0.15) is 5.75 Å². The number of ether oxygens (including phenoxy) is 1. The molecule has 0 aromatic heterocycles. The van der Waals surface area contributed by atoms with Crippen LogP contribution < -0.4 is 10.1 Å². The molecule has 1 N–H and O–H groups in total. The van der Waals surface area contributed by atoms with Crippen LogP contribution in [0, 0.1) is 0 Å². The van der Waals surface area contributed by atoms with Crippen molar-refractivity contribution in [1.29, 1.82) is 0 Å². The fraction of sp³-hybridized carbons (Fsp3) is 0.368. The molecule has 2 aromatic carbocycles. The summed E-state index contributed by atoms with van der Waals surface area (Å²) in [5.74, 6) is 1.49. The lowest BCUT2D eigenvalue weighted by molar-refractivity contribution is 0.414. The second-order valence-corrected chi connectivity index (χ2v) is 5.88. The van der Waals surface area contributed by atoms with Gasteiger partial charge in [0.2, 0.25) is 0 Å². The molecule has 0 amide bonds. The second-order valence-electron chi connectivity index (χ2n) is 5.88. The van der Waals surface area contributed by atoms with Gasteiger partial charge in [0.25, 0.3) is 0 Å². The van der Waals surface area contributed by atoms with Gasteiger partial charge in [-0.3, -0.25) is 0 Å². The molecule has 1 atom stereocenters. The molecule has 0 heterocycles. The molecule has 0 saturated heterocycles. The van der Waals surface area contributed by atoms with E-state index >= 15 is 0 Å². The van der Waals surface area contributed by atoms with Crippen LogP contribution in [-0.4, -0.2) is 13.2 Å².